The van der Waals surface area contributed by atoms with E-state index in [9.17, 15) is 14.9 Å². The summed E-state index contributed by atoms with van der Waals surface area (Å²) in [5.74, 6) is 1.61. The SMILES string of the molecule is O=C(Nc1cccc(-c2n[nH]c(C3CC3)n2)c1)c1ccn(-c2ccc([N+](=O)[O-])cc2)n1. The molecule has 1 aliphatic carbocycles. The second kappa shape index (κ2) is 7.48. The number of nitro benzene ring substituents is 1. The molecule has 0 spiro atoms. The minimum atomic E-state index is -0.467. The van der Waals surface area contributed by atoms with E-state index in [0.29, 0.717) is 23.1 Å². The maximum absolute atomic E-state index is 12.6. The van der Waals surface area contributed by atoms with Crippen LogP contribution in [0.1, 0.15) is 35.1 Å². The van der Waals surface area contributed by atoms with Crippen LogP contribution in [-0.4, -0.2) is 35.8 Å². The molecule has 1 amide bonds. The van der Waals surface area contributed by atoms with Gasteiger partial charge in [-0.2, -0.15) is 10.2 Å². The second-order valence-electron chi connectivity index (χ2n) is 7.27. The number of nitro groups is 1. The van der Waals surface area contributed by atoms with Crippen molar-refractivity contribution in [3.63, 3.8) is 0 Å². The highest BCUT2D eigenvalue weighted by molar-refractivity contribution is 6.03. The van der Waals surface area contributed by atoms with Gasteiger partial charge < -0.3 is 5.32 Å². The number of nitrogens with one attached hydrogen (secondary N) is 2. The van der Waals surface area contributed by atoms with Gasteiger partial charge in [-0.3, -0.25) is 20.0 Å². The van der Waals surface area contributed by atoms with Gasteiger partial charge in [0.2, 0.25) is 0 Å². The number of H-pyrrole nitrogens is 1. The molecule has 0 atom stereocenters. The molecule has 1 fully saturated rings. The van der Waals surface area contributed by atoms with E-state index in [2.05, 4.69) is 25.6 Å². The molecule has 0 saturated heterocycles. The Morgan fingerprint density at radius 1 is 1.16 bits per heavy atom. The molecule has 10 nitrogen and oxygen atoms in total. The van der Waals surface area contributed by atoms with Crippen LogP contribution in [0.2, 0.25) is 0 Å². The Bertz CT molecular complexity index is 1270. The highest BCUT2D eigenvalue weighted by atomic mass is 16.6. The summed E-state index contributed by atoms with van der Waals surface area (Å²) in [6.45, 7) is 0. The molecule has 0 aliphatic heterocycles. The van der Waals surface area contributed by atoms with Crippen molar-refractivity contribution in [2.75, 3.05) is 5.32 Å². The molecule has 1 aliphatic rings. The summed E-state index contributed by atoms with van der Waals surface area (Å²) in [6.07, 6.45) is 3.90. The van der Waals surface area contributed by atoms with Crippen LogP contribution >= 0.6 is 0 Å². The third-order valence-corrected chi connectivity index (χ3v) is 4.99. The summed E-state index contributed by atoms with van der Waals surface area (Å²) >= 11 is 0. The van der Waals surface area contributed by atoms with E-state index in [0.717, 1.165) is 24.2 Å². The predicted octanol–water partition coefficient (Wildman–Crippen LogP) is 3.70. The molecule has 154 valence electrons. The number of carbonyl (C=O) groups is 1. The fourth-order valence-corrected chi connectivity index (χ4v) is 3.19. The highest BCUT2D eigenvalue weighted by Gasteiger charge is 2.27. The summed E-state index contributed by atoms with van der Waals surface area (Å²) in [5, 5.41) is 25.1. The van der Waals surface area contributed by atoms with Crippen molar-refractivity contribution in [3.8, 4) is 17.1 Å². The van der Waals surface area contributed by atoms with E-state index >= 15 is 0 Å². The number of benzene rings is 2. The van der Waals surface area contributed by atoms with E-state index in [1.54, 1.807) is 30.5 Å². The number of nitrogens with zero attached hydrogens (tertiary/aromatic N) is 5. The number of non-ortho nitro benzene ring substituents is 1. The van der Waals surface area contributed by atoms with Gasteiger partial charge in [0.05, 0.1) is 10.6 Å². The van der Waals surface area contributed by atoms with Crippen molar-refractivity contribution >= 4 is 17.3 Å². The third kappa shape index (κ3) is 3.90. The Morgan fingerprint density at radius 2 is 1.97 bits per heavy atom. The summed E-state index contributed by atoms with van der Waals surface area (Å²) in [4.78, 5) is 27.5. The van der Waals surface area contributed by atoms with Crippen LogP contribution in [0.5, 0.6) is 0 Å². The van der Waals surface area contributed by atoms with E-state index in [1.165, 1.54) is 16.8 Å². The summed E-state index contributed by atoms with van der Waals surface area (Å²) in [5.41, 5.74) is 2.23. The lowest BCUT2D eigenvalue weighted by Gasteiger charge is -2.05. The first-order chi connectivity index (χ1) is 15.1. The first kappa shape index (κ1) is 18.7. The van der Waals surface area contributed by atoms with E-state index in [4.69, 9.17) is 0 Å². The first-order valence-corrected chi connectivity index (χ1v) is 9.71. The van der Waals surface area contributed by atoms with Gasteiger partial charge in [-0.25, -0.2) is 9.67 Å². The minimum Gasteiger partial charge on any atom is -0.321 e. The van der Waals surface area contributed by atoms with Crippen molar-refractivity contribution < 1.29 is 9.72 Å². The van der Waals surface area contributed by atoms with Gasteiger partial charge in [0.25, 0.3) is 11.6 Å². The summed E-state index contributed by atoms with van der Waals surface area (Å²) < 4.78 is 1.49. The van der Waals surface area contributed by atoms with Gasteiger partial charge in [0, 0.05) is 35.5 Å². The predicted molar refractivity (Wildman–Crippen MR) is 112 cm³/mol. The van der Waals surface area contributed by atoms with Crippen molar-refractivity contribution in [2.45, 2.75) is 18.8 Å². The fourth-order valence-electron chi connectivity index (χ4n) is 3.19. The van der Waals surface area contributed by atoms with Crippen LogP contribution in [0.15, 0.2) is 60.8 Å². The van der Waals surface area contributed by atoms with Crippen molar-refractivity contribution in [1.82, 2.24) is 25.0 Å². The Labute approximate surface area is 176 Å². The lowest BCUT2D eigenvalue weighted by Crippen LogP contribution is -2.13. The maximum atomic E-state index is 12.6. The zero-order valence-electron chi connectivity index (χ0n) is 16.2. The Morgan fingerprint density at radius 3 is 2.71 bits per heavy atom. The van der Waals surface area contributed by atoms with Crippen LogP contribution in [0, 0.1) is 10.1 Å². The van der Waals surface area contributed by atoms with Gasteiger partial charge in [0.15, 0.2) is 11.5 Å². The van der Waals surface area contributed by atoms with E-state index in [1.807, 2.05) is 18.2 Å². The van der Waals surface area contributed by atoms with Gasteiger partial charge in [-0.15, -0.1) is 0 Å². The van der Waals surface area contributed by atoms with Crippen molar-refractivity contribution in [1.29, 1.82) is 0 Å². The molecule has 0 radical (unpaired) electrons. The van der Waals surface area contributed by atoms with Crippen molar-refractivity contribution in [3.05, 3.63) is 82.4 Å². The molecule has 0 bridgehead atoms. The van der Waals surface area contributed by atoms with Gasteiger partial charge in [-0.1, -0.05) is 12.1 Å². The quantitative estimate of drug-likeness (QED) is 0.365. The smallest absolute Gasteiger partial charge is 0.276 e. The van der Waals surface area contributed by atoms with Gasteiger partial charge >= 0.3 is 0 Å². The number of hydrogen-bond acceptors (Lipinski definition) is 6. The molecule has 31 heavy (non-hydrogen) atoms. The normalized spacial score (nSPS) is 13.2. The molecule has 10 heteroatoms. The molecule has 4 aromatic rings. The lowest BCUT2D eigenvalue weighted by atomic mass is 10.2. The fraction of sp³-hybridized carbons (Fsp3) is 0.143. The van der Waals surface area contributed by atoms with Gasteiger partial charge in [0.1, 0.15) is 5.82 Å². The second-order valence-corrected chi connectivity index (χ2v) is 7.27. The summed E-state index contributed by atoms with van der Waals surface area (Å²) in [7, 11) is 0. The zero-order valence-corrected chi connectivity index (χ0v) is 16.2. The molecule has 1 saturated carbocycles. The average Bonchev–Trinajstić information content (AvgIpc) is 3.30. The number of hydrogen-bond donors (Lipinski definition) is 2. The lowest BCUT2D eigenvalue weighted by molar-refractivity contribution is -0.384. The molecular formula is C21H17N7O3. The Kier molecular flexibility index (Phi) is 4.51. The van der Waals surface area contributed by atoms with E-state index in [-0.39, 0.29) is 17.3 Å². The Balaban J connectivity index is 1.30. The molecule has 0 unspecified atom stereocenters. The molecule has 2 N–H and O–H groups in total. The molecular weight excluding hydrogens is 398 g/mol. The zero-order chi connectivity index (χ0) is 21.4. The number of aromatic nitrogens is 5. The summed E-state index contributed by atoms with van der Waals surface area (Å²) in [6, 6.07) is 14.8. The number of amides is 1. The first-order valence-electron chi connectivity index (χ1n) is 9.71. The average molecular weight is 415 g/mol. The third-order valence-electron chi connectivity index (χ3n) is 4.99. The highest BCUT2D eigenvalue weighted by Crippen LogP contribution is 2.38. The molecule has 2 aromatic carbocycles. The number of carbonyl (C=O) groups excluding carboxylic acids is 1. The van der Waals surface area contributed by atoms with Crippen LogP contribution < -0.4 is 5.32 Å². The van der Waals surface area contributed by atoms with Crippen molar-refractivity contribution in [2.24, 2.45) is 0 Å². The maximum Gasteiger partial charge on any atom is 0.276 e. The van der Waals surface area contributed by atoms with Crippen LogP contribution in [0.3, 0.4) is 0 Å². The molecule has 2 heterocycles. The molecule has 2 aromatic heterocycles. The Hall–Kier alpha value is -4.34. The van der Waals surface area contributed by atoms with Gasteiger partial charge in [-0.05, 0) is 43.2 Å². The van der Waals surface area contributed by atoms with Crippen LogP contribution in [-0.2, 0) is 0 Å². The topological polar surface area (TPSA) is 132 Å². The molecule has 5 rings (SSSR count). The largest absolute Gasteiger partial charge is 0.321 e. The number of rotatable bonds is 6. The van der Waals surface area contributed by atoms with E-state index < -0.39 is 4.92 Å². The number of anilines is 1. The monoisotopic (exact) mass is 415 g/mol. The standard InChI is InChI=1S/C21H17N7O3/c29-21(18-10-11-27(26-18)16-6-8-17(9-7-16)28(30)31)22-15-3-1-2-14(12-15)20-23-19(24-25-20)13-4-5-13/h1-3,6-13H,4-5H2,(H,22,29)(H,23,24,25). The number of aromatic amines is 1. The minimum absolute atomic E-state index is 0.00981. The van der Waals surface area contributed by atoms with Crippen LogP contribution in [0.25, 0.3) is 17.1 Å². The van der Waals surface area contributed by atoms with Crippen LogP contribution in [0.4, 0.5) is 11.4 Å².